The molecule has 1 aromatic carbocycles. The predicted molar refractivity (Wildman–Crippen MR) is 103 cm³/mol. The van der Waals surface area contributed by atoms with E-state index < -0.39 is 15.7 Å². The van der Waals surface area contributed by atoms with Gasteiger partial charge in [0.05, 0.1) is 44.6 Å². The van der Waals surface area contributed by atoms with E-state index >= 15 is 0 Å². The van der Waals surface area contributed by atoms with Gasteiger partial charge in [0.2, 0.25) is 5.75 Å². The number of anilines is 1. The van der Waals surface area contributed by atoms with Crippen LogP contribution in [0.25, 0.3) is 0 Å². The fraction of sp³-hybridized carbons (Fsp3) is 0.444. The van der Waals surface area contributed by atoms with Crippen LogP contribution >= 0.6 is 0 Å². The van der Waals surface area contributed by atoms with Gasteiger partial charge < -0.3 is 19.5 Å². The minimum atomic E-state index is -3.08. The molecule has 2 aromatic rings. The third-order valence-electron chi connectivity index (χ3n) is 4.58. The quantitative estimate of drug-likeness (QED) is 0.775. The molecule has 0 aliphatic carbocycles. The Hall–Kier alpha value is -2.75. The largest absolute Gasteiger partial charge is 0.493 e. The summed E-state index contributed by atoms with van der Waals surface area (Å²) in [5, 5.41) is 7.17. The highest BCUT2D eigenvalue weighted by molar-refractivity contribution is 7.91. The Morgan fingerprint density at radius 1 is 1.14 bits per heavy atom. The van der Waals surface area contributed by atoms with Crippen LogP contribution in [0.1, 0.15) is 28.5 Å². The first-order valence-corrected chi connectivity index (χ1v) is 10.5. The highest BCUT2D eigenvalue weighted by Gasteiger charge is 2.31. The van der Waals surface area contributed by atoms with Gasteiger partial charge in [-0.2, -0.15) is 5.10 Å². The predicted octanol–water partition coefficient (Wildman–Crippen LogP) is 1.83. The number of carbonyl (C=O) groups is 1. The first kappa shape index (κ1) is 20.0. The Bertz CT molecular complexity index is 974. The number of aromatic nitrogens is 2. The highest BCUT2D eigenvalue weighted by atomic mass is 32.2. The van der Waals surface area contributed by atoms with Crippen LogP contribution in [0.2, 0.25) is 0 Å². The molecule has 1 saturated heterocycles. The van der Waals surface area contributed by atoms with Gasteiger partial charge in [0.25, 0.3) is 5.91 Å². The average Bonchev–Trinajstić information content (AvgIpc) is 3.21. The number of aryl methyl sites for hydroxylation is 1. The Morgan fingerprint density at radius 2 is 1.79 bits per heavy atom. The maximum absolute atomic E-state index is 12.8. The topological polar surface area (TPSA) is 109 Å². The van der Waals surface area contributed by atoms with Gasteiger partial charge in [-0.3, -0.25) is 4.79 Å². The van der Waals surface area contributed by atoms with E-state index in [1.54, 1.807) is 29.8 Å². The van der Waals surface area contributed by atoms with E-state index in [0.717, 1.165) is 0 Å². The molecule has 152 valence electrons. The molecule has 9 nitrogen and oxygen atoms in total. The van der Waals surface area contributed by atoms with Crippen LogP contribution in [-0.2, 0) is 9.84 Å². The number of amides is 1. The van der Waals surface area contributed by atoms with Crippen molar-refractivity contribution < 1.29 is 27.4 Å². The van der Waals surface area contributed by atoms with Crippen LogP contribution in [0, 0.1) is 6.92 Å². The summed E-state index contributed by atoms with van der Waals surface area (Å²) in [5.41, 5.74) is 0.989. The molecule has 1 N–H and O–H groups in total. The van der Waals surface area contributed by atoms with Crippen molar-refractivity contribution in [3.05, 3.63) is 29.5 Å². The highest BCUT2D eigenvalue weighted by Crippen LogP contribution is 2.38. The lowest BCUT2D eigenvalue weighted by Crippen LogP contribution is -2.19. The van der Waals surface area contributed by atoms with Crippen LogP contribution in [0.15, 0.2) is 18.2 Å². The molecule has 2 heterocycles. The first-order valence-electron chi connectivity index (χ1n) is 8.66. The number of benzene rings is 1. The van der Waals surface area contributed by atoms with Crippen molar-refractivity contribution in [3.63, 3.8) is 0 Å². The van der Waals surface area contributed by atoms with Crippen LogP contribution < -0.4 is 19.5 Å². The number of carbonyl (C=O) groups excluding carboxylic acids is 1. The molecule has 1 aliphatic rings. The third-order valence-corrected chi connectivity index (χ3v) is 6.33. The van der Waals surface area contributed by atoms with Gasteiger partial charge in [-0.25, -0.2) is 13.1 Å². The second-order valence-electron chi connectivity index (χ2n) is 6.54. The summed E-state index contributed by atoms with van der Waals surface area (Å²) >= 11 is 0. The number of ether oxygens (including phenoxy) is 3. The third kappa shape index (κ3) is 3.91. The number of nitrogens with zero attached hydrogens (tertiary/aromatic N) is 2. The van der Waals surface area contributed by atoms with Crippen LogP contribution in [0.3, 0.4) is 0 Å². The van der Waals surface area contributed by atoms with Gasteiger partial charge in [-0.05, 0) is 25.5 Å². The molecule has 0 saturated carbocycles. The molecule has 28 heavy (non-hydrogen) atoms. The van der Waals surface area contributed by atoms with Crippen molar-refractivity contribution in [2.45, 2.75) is 19.4 Å². The van der Waals surface area contributed by atoms with Gasteiger partial charge >= 0.3 is 0 Å². The summed E-state index contributed by atoms with van der Waals surface area (Å²) in [4.78, 5) is 12.8. The molecule has 0 bridgehead atoms. The molecule has 10 heteroatoms. The zero-order valence-corrected chi connectivity index (χ0v) is 17.0. The number of nitrogens with one attached hydrogen (secondary N) is 1. The molecule has 1 fully saturated rings. The van der Waals surface area contributed by atoms with Gasteiger partial charge in [-0.1, -0.05) is 0 Å². The van der Waals surface area contributed by atoms with E-state index in [2.05, 4.69) is 10.4 Å². The molecule has 1 amide bonds. The maximum Gasteiger partial charge on any atom is 0.257 e. The number of sulfone groups is 1. The molecule has 1 aliphatic heterocycles. The summed E-state index contributed by atoms with van der Waals surface area (Å²) in [6.07, 6.45) is 0.469. The van der Waals surface area contributed by atoms with E-state index in [0.29, 0.717) is 40.7 Å². The van der Waals surface area contributed by atoms with Crippen LogP contribution in [0.5, 0.6) is 17.2 Å². The van der Waals surface area contributed by atoms with E-state index in [1.165, 1.54) is 21.3 Å². The number of rotatable bonds is 6. The molecule has 3 rings (SSSR count). The summed E-state index contributed by atoms with van der Waals surface area (Å²) < 4.78 is 41.0. The average molecular weight is 409 g/mol. The second kappa shape index (κ2) is 7.70. The molecule has 0 unspecified atom stereocenters. The van der Waals surface area contributed by atoms with Crippen molar-refractivity contribution in [2.75, 3.05) is 38.2 Å². The monoisotopic (exact) mass is 409 g/mol. The number of hydrogen-bond acceptors (Lipinski definition) is 7. The molecule has 1 aromatic heterocycles. The van der Waals surface area contributed by atoms with Crippen molar-refractivity contribution in [2.24, 2.45) is 0 Å². The van der Waals surface area contributed by atoms with Gasteiger partial charge in [-0.15, -0.1) is 0 Å². The number of hydrogen-bond donors (Lipinski definition) is 1. The molecule has 1 atom stereocenters. The summed E-state index contributed by atoms with van der Waals surface area (Å²) in [7, 11) is 1.35. The van der Waals surface area contributed by atoms with E-state index in [1.807, 2.05) is 0 Å². The van der Waals surface area contributed by atoms with Crippen molar-refractivity contribution in [1.29, 1.82) is 0 Å². The van der Waals surface area contributed by atoms with Gasteiger partial charge in [0.15, 0.2) is 21.3 Å². The molecular weight excluding hydrogens is 386 g/mol. The van der Waals surface area contributed by atoms with E-state index in [-0.39, 0.29) is 17.5 Å². The Morgan fingerprint density at radius 3 is 2.29 bits per heavy atom. The Balaban J connectivity index is 1.90. The Labute approximate surface area is 163 Å². The van der Waals surface area contributed by atoms with Crippen LogP contribution in [0.4, 0.5) is 5.82 Å². The number of methoxy groups -OCH3 is 3. The van der Waals surface area contributed by atoms with Gasteiger partial charge in [0.1, 0.15) is 5.82 Å². The summed E-state index contributed by atoms with van der Waals surface area (Å²) in [6, 6.07) is 4.50. The lowest BCUT2D eigenvalue weighted by Gasteiger charge is -2.16. The maximum atomic E-state index is 12.8. The Kier molecular flexibility index (Phi) is 5.50. The standard InChI is InChI=1S/C18H23N3O6S/c1-11-7-16(21(20-11)13-5-6-28(23,24)10-13)19-18(22)12-8-14(25-2)17(27-4)15(9-12)26-3/h7-9,13H,5-6,10H2,1-4H3,(H,19,22)/t13-/m0/s1. The molecule has 0 radical (unpaired) electrons. The minimum absolute atomic E-state index is 0.0151. The lowest BCUT2D eigenvalue weighted by molar-refractivity contribution is 0.102. The zero-order chi connectivity index (χ0) is 20.5. The smallest absolute Gasteiger partial charge is 0.257 e. The van der Waals surface area contributed by atoms with Crippen LogP contribution in [-0.4, -0.2) is 56.9 Å². The van der Waals surface area contributed by atoms with Gasteiger partial charge in [0, 0.05) is 11.6 Å². The minimum Gasteiger partial charge on any atom is -0.493 e. The molecule has 0 spiro atoms. The van der Waals surface area contributed by atoms with E-state index in [9.17, 15) is 13.2 Å². The SMILES string of the molecule is COc1cc(C(=O)Nc2cc(C)nn2[C@H]2CCS(=O)(=O)C2)cc(OC)c1OC. The molecular formula is C18H23N3O6S. The fourth-order valence-corrected chi connectivity index (χ4v) is 4.95. The van der Waals surface area contributed by atoms with Crippen molar-refractivity contribution in [1.82, 2.24) is 9.78 Å². The van der Waals surface area contributed by atoms with Crippen molar-refractivity contribution >= 4 is 21.6 Å². The summed E-state index contributed by atoms with van der Waals surface area (Å²) in [6.45, 7) is 1.79. The normalized spacial score (nSPS) is 17.9. The summed E-state index contributed by atoms with van der Waals surface area (Å²) in [5.74, 6) is 1.29. The first-order chi connectivity index (χ1) is 13.3. The second-order valence-corrected chi connectivity index (χ2v) is 8.77. The lowest BCUT2D eigenvalue weighted by atomic mass is 10.1. The fourth-order valence-electron chi connectivity index (χ4n) is 3.26. The van der Waals surface area contributed by atoms with Crippen molar-refractivity contribution in [3.8, 4) is 17.2 Å². The zero-order valence-electron chi connectivity index (χ0n) is 16.2. The van der Waals surface area contributed by atoms with E-state index in [4.69, 9.17) is 14.2 Å².